The number of nitrogens with zero attached hydrogens (tertiary/aromatic N) is 5. The highest BCUT2D eigenvalue weighted by Gasteiger charge is 2.12. The Morgan fingerprint density at radius 3 is 2.86 bits per heavy atom. The van der Waals surface area contributed by atoms with Gasteiger partial charge in [0.25, 0.3) is 5.78 Å². The molecule has 110 valence electrons. The number of aromatic nitrogens is 5. The zero-order valence-electron chi connectivity index (χ0n) is 12.1. The van der Waals surface area contributed by atoms with E-state index in [1.54, 1.807) is 0 Å². The van der Waals surface area contributed by atoms with E-state index in [1.807, 2.05) is 48.6 Å². The molecular formula is C15H13N5OS. The molecule has 3 heterocycles. The van der Waals surface area contributed by atoms with Gasteiger partial charge in [0.2, 0.25) is 5.89 Å². The van der Waals surface area contributed by atoms with Crippen LogP contribution in [0.25, 0.3) is 16.9 Å². The number of hydrogen-bond acceptors (Lipinski definition) is 6. The molecule has 0 N–H and O–H groups in total. The van der Waals surface area contributed by atoms with Crippen molar-refractivity contribution in [1.29, 1.82) is 0 Å². The van der Waals surface area contributed by atoms with Gasteiger partial charge in [0.05, 0.1) is 5.75 Å². The van der Waals surface area contributed by atoms with Crippen molar-refractivity contribution >= 4 is 28.6 Å². The van der Waals surface area contributed by atoms with Crippen LogP contribution in [0.15, 0.2) is 39.9 Å². The second-order valence-electron chi connectivity index (χ2n) is 5.02. The number of benzene rings is 1. The van der Waals surface area contributed by atoms with Crippen LogP contribution in [0, 0.1) is 13.8 Å². The third kappa shape index (κ3) is 2.23. The van der Waals surface area contributed by atoms with Gasteiger partial charge in [0.15, 0.2) is 10.7 Å². The van der Waals surface area contributed by atoms with Gasteiger partial charge in [-0.2, -0.15) is 0 Å². The van der Waals surface area contributed by atoms with Crippen LogP contribution in [0.1, 0.15) is 17.3 Å². The number of fused-ring (bicyclic) bond motifs is 2. The molecule has 0 bridgehead atoms. The van der Waals surface area contributed by atoms with Crippen LogP contribution in [0.4, 0.5) is 0 Å². The highest BCUT2D eigenvalue weighted by molar-refractivity contribution is 7.98. The lowest BCUT2D eigenvalue weighted by Gasteiger charge is -2.02. The number of para-hydroxylation sites is 2. The van der Waals surface area contributed by atoms with E-state index in [-0.39, 0.29) is 0 Å². The molecule has 0 atom stereocenters. The van der Waals surface area contributed by atoms with Crippen molar-refractivity contribution in [2.24, 2.45) is 0 Å². The predicted octanol–water partition coefficient (Wildman–Crippen LogP) is 3.17. The van der Waals surface area contributed by atoms with Crippen LogP contribution < -0.4 is 0 Å². The Labute approximate surface area is 130 Å². The minimum atomic E-state index is 0.600. The summed E-state index contributed by atoms with van der Waals surface area (Å²) >= 11 is 1.54. The van der Waals surface area contributed by atoms with Crippen molar-refractivity contribution in [3.05, 3.63) is 47.6 Å². The molecule has 0 radical (unpaired) electrons. The average Bonchev–Trinajstić information content (AvgIpc) is 3.08. The molecule has 4 rings (SSSR count). The normalized spacial score (nSPS) is 11.5. The zero-order valence-corrected chi connectivity index (χ0v) is 13.0. The van der Waals surface area contributed by atoms with Gasteiger partial charge in [-0.1, -0.05) is 23.9 Å². The van der Waals surface area contributed by atoms with E-state index in [0.29, 0.717) is 17.4 Å². The van der Waals surface area contributed by atoms with Crippen molar-refractivity contribution in [2.45, 2.75) is 24.8 Å². The lowest BCUT2D eigenvalue weighted by atomic mass is 10.3. The van der Waals surface area contributed by atoms with Gasteiger partial charge < -0.3 is 4.42 Å². The van der Waals surface area contributed by atoms with Gasteiger partial charge in [-0.25, -0.2) is 9.97 Å². The molecule has 0 spiro atoms. The molecule has 6 nitrogen and oxygen atoms in total. The van der Waals surface area contributed by atoms with Crippen LogP contribution >= 0.6 is 11.8 Å². The summed E-state index contributed by atoms with van der Waals surface area (Å²) in [4.78, 5) is 8.85. The predicted molar refractivity (Wildman–Crippen MR) is 83.8 cm³/mol. The van der Waals surface area contributed by atoms with Gasteiger partial charge in [-0.3, -0.25) is 4.40 Å². The molecule has 7 heteroatoms. The fourth-order valence-corrected chi connectivity index (χ4v) is 3.23. The zero-order chi connectivity index (χ0) is 15.1. The molecule has 0 fully saturated rings. The quantitative estimate of drug-likeness (QED) is 0.541. The van der Waals surface area contributed by atoms with Crippen molar-refractivity contribution in [2.75, 3.05) is 0 Å². The van der Waals surface area contributed by atoms with Crippen LogP contribution in [0.3, 0.4) is 0 Å². The highest BCUT2D eigenvalue weighted by atomic mass is 32.2. The molecule has 0 amide bonds. The second kappa shape index (κ2) is 5.10. The summed E-state index contributed by atoms with van der Waals surface area (Å²) in [5, 5.41) is 9.13. The molecule has 3 aromatic heterocycles. The molecule has 0 unspecified atom stereocenters. The summed E-state index contributed by atoms with van der Waals surface area (Å²) in [6, 6.07) is 9.76. The van der Waals surface area contributed by atoms with Crippen LogP contribution in [-0.4, -0.2) is 24.6 Å². The molecule has 0 saturated carbocycles. The average molecular weight is 311 g/mol. The minimum absolute atomic E-state index is 0.600. The molecular weight excluding hydrogens is 298 g/mol. The van der Waals surface area contributed by atoms with E-state index >= 15 is 0 Å². The van der Waals surface area contributed by atoms with Gasteiger partial charge in [0.1, 0.15) is 5.52 Å². The van der Waals surface area contributed by atoms with E-state index in [9.17, 15) is 0 Å². The molecule has 0 aliphatic rings. The molecule has 0 aliphatic carbocycles. The second-order valence-corrected chi connectivity index (χ2v) is 5.96. The maximum Gasteiger partial charge on any atom is 0.256 e. The Morgan fingerprint density at radius 1 is 1.14 bits per heavy atom. The number of thioether (sulfide) groups is 1. The molecule has 1 aromatic carbocycles. The Balaban J connectivity index is 1.64. The third-order valence-electron chi connectivity index (χ3n) is 3.33. The molecule has 22 heavy (non-hydrogen) atoms. The maximum atomic E-state index is 5.72. The third-order valence-corrected chi connectivity index (χ3v) is 4.24. The Kier molecular flexibility index (Phi) is 3.07. The van der Waals surface area contributed by atoms with E-state index in [2.05, 4.69) is 20.2 Å². The number of oxazole rings is 1. The Hall–Kier alpha value is -2.41. The summed E-state index contributed by atoms with van der Waals surface area (Å²) in [5.74, 6) is 1.90. The minimum Gasteiger partial charge on any atom is -0.440 e. The monoisotopic (exact) mass is 311 g/mol. The van der Waals surface area contributed by atoms with Crippen molar-refractivity contribution in [1.82, 2.24) is 24.6 Å². The smallest absolute Gasteiger partial charge is 0.256 e. The maximum absolute atomic E-state index is 5.72. The number of rotatable bonds is 3. The molecule has 0 saturated heterocycles. The van der Waals surface area contributed by atoms with Gasteiger partial charge in [-0.15, -0.1) is 10.2 Å². The molecule has 0 aliphatic heterocycles. The number of aryl methyl sites for hydroxylation is 2. The topological polar surface area (TPSA) is 69.1 Å². The first kappa shape index (κ1) is 13.3. The lowest BCUT2D eigenvalue weighted by molar-refractivity contribution is 0.556. The summed E-state index contributed by atoms with van der Waals surface area (Å²) in [7, 11) is 0. The highest BCUT2D eigenvalue weighted by Crippen LogP contribution is 2.24. The lowest BCUT2D eigenvalue weighted by Crippen LogP contribution is -1.97. The van der Waals surface area contributed by atoms with Crippen molar-refractivity contribution in [3.63, 3.8) is 0 Å². The fraction of sp³-hybridized carbons (Fsp3) is 0.200. The van der Waals surface area contributed by atoms with Gasteiger partial charge in [-0.05, 0) is 32.0 Å². The van der Waals surface area contributed by atoms with Gasteiger partial charge >= 0.3 is 0 Å². The first-order valence-electron chi connectivity index (χ1n) is 6.87. The Morgan fingerprint density at radius 2 is 2.00 bits per heavy atom. The van der Waals surface area contributed by atoms with E-state index in [1.165, 1.54) is 11.8 Å². The van der Waals surface area contributed by atoms with Crippen LogP contribution in [0.2, 0.25) is 0 Å². The first-order chi connectivity index (χ1) is 10.7. The van der Waals surface area contributed by atoms with Crippen molar-refractivity contribution < 1.29 is 4.42 Å². The van der Waals surface area contributed by atoms with E-state index < -0.39 is 0 Å². The summed E-state index contributed by atoms with van der Waals surface area (Å²) in [6.07, 6.45) is 0. The van der Waals surface area contributed by atoms with Crippen LogP contribution in [0.5, 0.6) is 0 Å². The first-order valence-corrected chi connectivity index (χ1v) is 7.86. The summed E-state index contributed by atoms with van der Waals surface area (Å²) in [5.41, 5.74) is 3.68. The SMILES string of the molecule is Cc1cc(C)n2c(SCc3nc4ccccc4o3)nnc2n1. The Bertz CT molecular complexity index is 942. The molecule has 4 aromatic rings. The number of hydrogen-bond donors (Lipinski definition) is 0. The summed E-state index contributed by atoms with van der Waals surface area (Å²) in [6.45, 7) is 3.97. The van der Waals surface area contributed by atoms with E-state index in [4.69, 9.17) is 4.42 Å². The van der Waals surface area contributed by atoms with Gasteiger partial charge in [0, 0.05) is 11.4 Å². The largest absolute Gasteiger partial charge is 0.440 e. The standard InChI is InChI=1S/C15H13N5OS/c1-9-7-10(2)20-14(16-9)18-19-15(20)22-8-13-17-11-5-3-4-6-12(11)21-13/h3-7H,8H2,1-2H3. The van der Waals surface area contributed by atoms with E-state index in [0.717, 1.165) is 27.6 Å². The summed E-state index contributed by atoms with van der Waals surface area (Å²) < 4.78 is 7.67. The fourth-order valence-electron chi connectivity index (χ4n) is 2.40. The van der Waals surface area contributed by atoms with Crippen LogP contribution in [-0.2, 0) is 5.75 Å². The van der Waals surface area contributed by atoms with Crippen molar-refractivity contribution in [3.8, 4) is 0 Å².